The van der Waals surface area contributed by atoms with Crippen LogP contribution in [0.3, 0.4) is 0 Å². The zero-order valence-electron chi connectivity index (χ0n) is 18.4. The number of nitrogens with one attached hydrogen (secondary N) is 2. The van der Waals surface area contributed by atoms with Gasteiger partial charge in [0, 0.05) is 23.5 Å². The summed E-state index contributed by atoms with van der Waals surface area (Å²) in [6.45, 7) is 6.14. The molecule has 0 unspecified atom stereocenters. The summed E-state index contributed by atoms with van der Waals surface area (Å²) < 4.78 is 0. The number of hydrogen-bond acceptors (Lipinski definition) is 3. The van der Waals surface area contributed by atoms with Crippen LogP contribution in [0.15, 0.2) is 48.5 Å². The topological polar surface area (TPSA) is 85.5 Å². The number of aromatic nitrogens is 1. The number of carbonyl (C=O) groups excluding carboxylic acids is 3. The Morgan fingerprint density at radius 3 is 2.66 bits per heavy atom. The van der Waals surface area contributed by atoms with E-state index in [1.807, 2.05) is 38.1 Å². The second kappa shape index (κ2) is 7.22. The fourth-order valence-corrected chi connectivity index (χ4v) is 4.87. The molecule has 2 atom stereocenters. The Hall–Kier alpha value is -3.61. The summed E-state index contributed by atoms with van der Waals surface area (Å²) in [5.41, 5.74) is 2.26. The normalized spacial score (nSPS) is 21.0. The van der Waals surface area contributed by atoms with E-state index >= 15 is 0 Å². The molecule has 0 bridgehead atoms. The maximum absolute atomic E-state index is 13.9. The lowest BCUT2D eigenvalue weighted by Crippen LogP contribution is -2.49. The number of para-hydroxylation sites is 2. The van der Waals surface area contributed by atoms with Crippen molar-refractivity contribution in [3.8, 4) is 0 Å². The third-order valence-corrected chi connectivity index (χ3v) is 6.85. The van der Waals surface area contributed by atoms with Crippen LogP contribution in [0.25, 0.3) is 10.9 Å². The SMILES string of the molecule is CC[C@@H](C)NC(=O)c1ccccc1N1C(=O)N2CCc3c([nH]c4ccccc34)[C@@]2(C)C1=O. The number of carbonyl (C=O) groups is 3. The number of nitrogens with zero attached hydrogens (tertiary/aromatic N) is 2. The van der Waals surface area contributed by atoms with Crippen molar-refractivity contribution < 1.29 is 14.4 Å². The van der Waals surface area contributed by atoms with Gasteiger partial charge in [-0.15, -0.1) is 0 Å². The van der Waals surface area contributed by atoms with Gasteiger partial charge in [-0.05, 0) is 50.5 Å². The second-order valence-electron chi connectivity index (χ2n) is 8.72. The zero-order chi connectivity index (χ0) is 22.6. The summed E-state index contributed by atoms with van der Waals surface area (Å²) in [5.74, 6) is -0.643. The van der Waals surface area contributed by atoms with E-state index in [1.165, 1.54) is 4.90 Å². The Morgan fingerprint density at radius 2 is 1.88 bits per heavy atom. The summed E-state index contributed by atoms with van der Waals surface area (Å²) in [7, 11) is 0. The van der Waals surface area contributed by atoms with Crippen molar-refractivity contribution in [2.45, 2.75) is 45.2 Å². The predicted molar refractivity (Wildman–Crippen MR) is 123 cm³/mol. The van der Waals surface area contributed by atoms with Crippen molar-refractivity contribution in [2.75, 3.05) is 11.4 Å². The van der Waals surface area contributed by atoms with Gasteiger partial charge in [0.1, 0.15) is 0 Å². The highest BCUT2D eigenvalue weighted by molar-refractivity contribution is 6.25. The first-order valence-corrected chi connectivity index (χ1v) is 11.0. The largest absolute Gasteiger partial charge is 0.356 e. The van der Waals surface area contributed by atoms with E-state index in [-0.39, 0.29) is 17.9 Å². The molecule has 0 aliphatic carbocycles. The van der Waals surface area contributed by atoms with Crippen molar-refractivity contribution in [3.05, 3.63) is 65.4 Å². The summed E-state index contributed by atoms with van der Waals surface area (Å²) in [5, 5.41) is 4.02. The molecule has 7 heteroatoms. The van der Waals surface area contributed by atoms with E-state index in [9.17, 15) is 14.4 Å². The van der Waals surface area contributed by atoms with E-state index in [4.69, 9.17) is 0 Å². The van der Waals surface area contributed by atoms with Crippen molar-refractivity contribution in [1.29, 1.82) is 0 Å². The van der Waals surface area contributed by atoms with Gasteiger partial charge < -0.3 is 15.2 Å². The second-order valence-corrected chi connectivity index (χ2v) is 8.72. The summed E-state index contributed by atoms with van der Waals surface area (Å²) in [4.78, 5) is 46.5. The lowest BCUT2D eigenvalue weighted by molar-refractivity contribution is -0.125. The summed E-state index contributed by atoms with van der Waals surface area (Å²) in [6.07, 6.45) is 1.45. The van der Waals surface area contributed by atoms with E-state index in [2.05, 4.69) is 10.3 Å². The van der Waals surface area contributed by atoms with Crippen molar-refractivity contribution in [3.63, 3.8) is 0 Å². The van der Waals surface area contributed by atoms with Gasteiger partial charge in [-0.3, -0.25) is 9.59 Å². The maximum atomic E-state index is 13.9. The third-order valence-electron chi connectivity index (χ3n) is 6.85. The predicted octanol–water partition coefficient (Wildman–Crippen LogP) is 3.94. The number of fused-ring (bicyclic) bond motifs is 5. The number of anilines is 1. The van der Waals surface area contributed by atoms with Gasteiger partial charge in [-0.2, -0.15) is 0 Å². The molecule has 164 valence electrons. The summed E-state index contributed by atoms with van der Waals surface area (Å²) in [6, 6.07) is 14.3. The van der Waals surface area contributed by atoms with Crippen LogP contribution in [-0.2, 0) is 16.8 Å². The first-order valence-electron chi connectivity index (χ1n) is 11.0. The zero-order valence-corrected chi connectivity index (χ0v) is 18.4. The van der Waals surface area contributed by atoms with Gasteiger partial charge >= 0.3 is 6.03 Å². The number of rotatable bonds is 4. The molecule has 3 heterocycles. The highest BCUT2D eigenvalue weighted by atomic mass is 16.2. The molecule has 2 N–H and O–H groups in total. The molecule has 4 amide bonds. The minimum Gasteiger partial charge on any atom is -0.356 e. The fourth-order valence-electron chi connectivity index (χ4n) is 4.87. The van der Waals surface area contributed by atoms with Crippen LogP contribution < -0.4 is 10.2 Å². The Balaban J connectivity index is 1.61. The summed E-state index contributed by atoms with van der Waals surface area (Å²) >= 11 is 0. The number of hydrogen-bond donors (Lipinski definition) is 2. The molecule has 3 aromatic rings. The van der Waals surface area contributed by atoms with Crippen molar-refractivity contribution in [2.24, 2.45) is 0 Å². The molecule has 2 aliphatic rings. The minimum absolute atomic E-state index is 0.0155. The van der Waals surface area contributed by atoms with Crippen LogP contribution in [0.5, 0.6) is 0 Å². The van der Waals surface area contributed by atoms with E-state index in [1.54, 1.807) is 36.1 Å². The fraction of sp³-hybridized carbons (Fsp3) is 0.320. The average molecular weight is 431 g/mol. The quantitative estimate of drug-likeness (QED) is 0.615. The molecule has 0 spiro atoms. The van der Waals surface area contributed by atoms with Crippen molar-refractivity contribution in [1.82, 2.24) is 15.2 Å². The lowest BCUT2D eigenvalue weighted by Gasteiger charge is -2.35. The number of aromatic amines is 1. The van der Waals surface area contributed by atoms with E-state index < -0.39 is 11.6 Å². The number of amides is 4. The minimum atomic E-state index is -1.15. The van der Waals surface area contributed by atoms with Crippen LogP contribution in [0.1, 0.15) is 48.8 Å². The van der Waals surface area contributed by atoms with E-state index in [0.29, 0.717) is 24.2 Å². The maximum Gasteiger partial charge on any atom is 0.332 e. The average Bonchev–Trinajstić information content (AvgIpc) is 3.27. The number of urea groups is 1. The molecular weight excluding hydrogens is 404 g/mol. The molecule has 1 saturated heterocycles. The van der Waals surface area contributed by atoms with Gasteiger partial charge in [0.25, 0.3) is 11.8 Å². The Kier molecular flexibility index (Phi) is 4.58. The monoisotopic (exact) mass is 430 g/mol. The lowest BCUT2D eigenvalue weighted by atomic mass is 9.87. The molecule has 32 heavy (non-hydrogen) atoms. The van der Waals surface area contributed by atoms with Crippen molar-refractivity contribution >= 4 is 34.4 Å². The van der Waals surface area contributed by atoms with Crippen LogP contribution >= 0.6 is 0 Å². The Labute approximate surface area is 186 Å². The Bertz CT molecular complexity index is 1260. The van der Waals surface area contributed by atoms with Crippen LogP contribution in [-0.4, -0.2) is 40.3 Å². The Morgan fingerprint density at radius 1 is 1.16 bits per heavy atom. The van der Waals surface area contributed by atoms with Gasteiger partial charge in [0.05, 0.1) is 16.9 Å². The molecule has 1 aromatic heterocycles. The molecule has 0 saturated carbocycles. The van der Waals surface area contributed by atoms with Gasteiger partial charge in [0.2, 0.25) is 0 Å². The molecule has 2 aliphatic heterocycles. The smallest absolute Gasteiger partial charge is 0.332 e. The van der Waals surface area contributed by atoms with Gasteiger partial charge in [-0.1, -0.05) is 37.3 Å². The molecule has 5 rings (SSSR count). The molecule has 2 aromatic carbocycles. The first kappa shape index (κ1) is 20.3. The number of H-pyrrole nitrogens is 1. The first-order chi connectivity index (χ1) is 15.4. The van der Waals surface area contributed by atoms with Gasteiger partial charge in [0.15, 0.2) is 5.54 Å². The molecule has 7 nitrogen and oxygen atoms in total. The van der Waals surface area contributed by atoms with Crippen LogP contribution in [0.2, 0.25) is 0 Å². The standard InChI is InChI=1S/C25H26N4O3/c1-4-15(2)26-22(30)18-10-6-8-12-20(18)29-23(31)25(3)21-17(13-14-28(25)24(29)32)16-9-5-7-11-19(16)27-21/h5-12,15,27H,4,13-14H2,1-3H3,(H,26,30)/t15-,25+/m1/s1. The molecular formula is C25H26N4O3. The third kappa shape index (κ3) is 2.70. The van der Waals surface area contributed by atoms with Crippen LogP contribution in [0.4, 0.5) is 10.5 Å². The highest BCUT2D eigenvalue weighted by Crippen LogP contribution is 2.45. The van der Waals surface area contributed by atoms with E-state index in [0.717, 1.165) is 28.6 Å². The number of benzene rings is 2. The number of imide groups is 1. The highest BCUT2D eigenvalue weighted by Gasteiger charge is 2.59. The van der Waals surface area contributed by atoms with Crippen LogP contribution in [0, 0.1) is 0 Å². The molecule has 0 radical (unpaired) electrons. The molecule has 1 fully saturated rings. The van der Waals surface area contributed by atoms with Gasteiger partial charge in [-0.25, -0.2) is 9.69 Å².